The maximum atomic E-state index is 14.9. The molecule has 3 heterocycles. The molecule has 1 saturated heterocycles. The summed E-state index contributed by atoms with van der Waals surface area (Å²) in [7, 11) is 3.73. The Bertz CT molecular complexity index is 2680. The highest BCUT2D eigenvalue weighted by Crippen LogP contribution is 2.57. The van der Waals surface area contributed by atoms with Gasteiger partial charge in [-0.15, -0.1) is 0 Å². The van der Waals surface area contributed by atoms with Crippen molar-refractivity contribution >= 4 is 23.8 Å². The monoisotopic (exact) mass is 966 g/mol. The summed E-state index contributed by atoms with van der Waals surface area (Å²) in [5.41, 5.74) is 10.5. The van der Waals surface area contributed by atoms with Crippen LogP contribution in [0.3, 0.4) is 0 Å². The number of carbonyl (C=O) groups excluding carboxylic acids is 2. The fourth-order valence-electron chi connectivity index (χ4n) is 11.2. The van der Waals surface area contributed by atoms with E-state index in [1.165, 1.54) is 22.3 Å². The molecule has 1 aliphatic carbocycles. The van der Waals surface area contributed by atoms with E-state index < -0.39 is 35.8 Å². The summed E-state index contributed by atoms with van der Waals surface area (Å²) in [5.74, 6) is 2.98. The molecule has 0 saturated carbocycles. The van der Waals surface area contributed by atoms with E-state index in [0.717, 1.165) is 38.9 Å². The third-order valence-corrected chi connectivity index (χ3v) is 15.3. The average molecular weight is 967 g/mol. The smallest absolute Gasteiger partial charge is 0.408 e. The molecule has 0 radical (unpaired) electrons. The molecule has 12 nitrogen and oxygen atoms in total. The maximum absolute atomic E-state index is 14.9. The van der Waals surface area contributed by atoms with Gasteiger partial charge in [0.2, 0.25) is 0 Å². The van der Waals surface area contributed by atoms with Crippen LogP contribution in [0.2, 0.25) is 0 Å². The summed E-state index contributed by atoms with van der Waals surface area (Å²) in [6.45, 7) is 23.8. The van der Waals surface area contributed by atoms with Crippen LogP contribution in [0.5, 0.6) is 23.0 Å². The predicted octanol–water partition coefficient (Wildman–Crippen LogP) is 10.1. The van der Waals surface area contributed by atoms with Crippen LogP contribution in [-0.4, -0.2) is 104 Å². The summed E-state index contributed by atoms with van der Waals surface area (Å²) in [4.78, 5) is 32.9. The summed E-state index contributed by atoms with van der Waals surface area (Å²) < 4.78 is 38.0. The molecule has 368 valence electrons. The van der Waals surface area contributed by atoms with Crippen molar-refractivity contribution < 1.29 is 38.0 Å². The number of hydrogen-bond donors (Lipinski definition) is 1. The number of likely N-dealkylation sites (N-methyl/N-ethyl adjacent to an activating group) is 1. The van der Waals surface area contributed by atoms with Crippen molar-refractivity contribution in [3.8, 4) is 40.2 Å². The fraction of sp³-hybridized carbons (Fsp3) is 0.421. The Morgan fingerprint density at radius 2 is 1.46 bits per heavy atom. The Morgan fingerprint density at radius 3 is 2.06 bits per heavy atom. The molecule has 1 N–H and O–H groups in total. The molecule has 1 amide bonds. The number of thioether (sulfide) groups is 1. The second-order valence-corrected chi connectivity index (χ2v) is 20.6. The molecule has 13 heteroatoms. The van der Waals surface area contributed by atoms with Gasteiger partial charge in [-0.1, -0.05) is 92.6 Å². The Morgan fingerprint density at radius 1 is 0.857 bits per heavy atom. The first-order chi connectivity index (χ1) is 33.7. The van der Waals surface area contributed by atoms with Gasteiger partial charge in [-0.3, -0.25) is 9.80 Å². The van der Waals surface area contributed by atoms with Gasteiger partial charge in [0.25, 0.3) is 0 Å². The first-order valence-electron chi connectivity index (χ1n) is 24.1. The van der Waals surface area contributed by atoms with E-state index in [0.29, 0.717) is 41.6 Å². The van der Waals surface area contributed by atoms with Gasteiger partial charge in [0.1, 0.15) is 55.6 Å². The van der Waals surface area contributed by atoms with Gasteiger partial charge in [0, 0.05) is 46.2 Å². The predicted molar refractivity (Wildman–Crippen MR) is 275 cm³/mol. The van der Waals surface area contributed by atoms with E-state index in [1.54, 1.807) is 57.9 Å². The van der Waals surface area contributed by atoms with Gasteiger partial charge < -0.3 is 33.7 Å². The lowest BCUT2D eigenvalue weighted by Crippen LogP contribution is -2.68. The lowest BCUT2D eigenvalue weighted by atomic mass is 9.71. The molecule has 1 fully saturated rings. The summed E-state index contributed by atoms with van der Waals surface area (Å²) in [5, 5.41) is 14.3. The minimum Gasteiger partial charge on any atom is -0.493 e. The van der Waals surface area contributed by atoms with E-state index >= 15 is 0 Å². The number of hydrogen-bond acceptors (Lipinski definition) is 12. The van der Waals surface area contributed by atoms with Gasteiger partial charge in [-0.2, -0.15) is 17.0 Å². The first-order valence-corrected chi connectivity index (χ1v) is 25.2. The SMILES string of the molecule is C=CCOc1c(C)c(C)c(OCC=C)c2c1C[C@H]1[C@H]3c4c(cc(C)c(OC)c4OCC=C)C[C@@H]([C@H](C#N)N1[C@H]2COC(=O)[C@@H](CSCC1c2ccccc2-c2ccccc21)NC(=O)OC(C)(C)C)N3C. The van der Waals surface area contributed by atoms with Crippen molar-refractivity contribution in [2.45, 2.75) is 102 Å². The van der Waals surface area contributed by atoms with Crippen molar-refractivity contribution in [3.05, 3.63) is 143 Å². The van der Waals surface area contributed by atoms with Crippen LogP contribution in [0.1, 0.15) is 88.8 Å². The quantitative estimate of drug-likeness (QED) is 0.0752. The zero-order chi connectivity index (χ0) is 50.0. The zero-order valence-electron chi connectivity index (χ0n) is 41.8. The number of ether oxygens (including phenoxy) is 6. The molecule has 4 aliphatic rings. The normalized spacial score (nSPS) is 20.5. The standard InChI is InChI=1S/C57H66N4O8S/c1-12-23-65-52-34(5)35(6)53(66-24-13-2)49-41(52)28-45-50-48-36(26-33(4)51(64-11)54(48)67-25-14-3)27-44(60(50)10)46(29-58)61(45)47(49)30-68-55(62)43(59-56(63)69-57(7,8)9)32-70-31-42-39-21-17-15-19-37(39)38-20-16-18-22-40(38)42/h12-22,26,42-47,50H,1-3,23-25,27-28,30-32H2,4-11H3,(H,59,63)/t43-,44+,45+,46+,47+,50+/m1/s1. The second-order valence-electron chi connectivity index (χ2n) is 19.5. The van der Waals surface area contributed by atoms with Crippen LogP contribution in [0.25, 0.3) is 11.1 Å². The number of methoxy groups -OCH3 is 1. The number of fused-ring (bicyclic) bond motifs is 10. The van der Waals surface area contributed by atoms with E-state index in [2.05, 4.69) is 103 Å². The number of amides is 1. The van der Waals surface area contributed by atoms with Crippen molar-refractivity contribution in [2.24, 2.45) is 0 Å². The highest BCUT2D eigenvalue weighted by molar-refractivity contribution is 7.99. The fourth-order valence-corrected chi connectivity index (χ4v) is 12.4. The Kier molecular flexibility index (Phi) is 15.1. The molecule has 4 aromatic carbocycles. The largest absolute Gasteiger partial charge is 0.493 e. The third kappa shape index (κ3) is 9.41. The van der Waals surface area contributed by atoms with Gasteiger partial charge >= 0.3 is 12.1 Å². The summed E-state index contributed by atoms with van der Waals surface area (Å²) >= 11 is 1.57. The van der Waals surface area contributed by atoms with Crippen LogP contribution >= 0.6 is 11.8 Å². The number of piperazine rings is 1. The van der Waals surface area contributed by atoms with Crippen LogP contribution in [0, 0.1) is 32.1 Å². The molecule has 0 aromatic heterocycles. The van der Waals surface area contributed by atoms with Crippen LogP contribution < -0.4 is 24.3 Å². The molecule has 4 aromatic rings. The first kappa shape index (κ1) is 50.2. The maximum Gasteiger partial charge on any atom is 0.408 e. The molecule has 0 spiro atoms. The van der Waals surface area contributed by atoms with Crippen LogP contribution in [0.15, 0.2) is 92.6 Å². The summed E-state index contributed by atoms with van der Waals surface area (Å²) in [6, 6.07) is 18.4. The molecule has 70 heavy (non-hydrogen) atoms. The molecule has 6 atom stereocenters. The summed E-state index contributed by atoms with van der Waals surface area (Å²) in [6.07, 6.45) is 5.44. The topological polar surface area (TPSA) is 132 Å². The highest BCUT2D eigenvalue weighted by Gasteiger charge is 2.57. The molecular formula is C57H66N4O8S. The number of rotatable bonds is 18. The van der Waals surface area contributed by atoms with E-state index in [4.69, 9.17) is 28.4 Å². The number of nitrogens with one attached hydrogen (secondary N) is 1. The van der Waals surface area contributed by atoms with Crippen LogP contribution in [0.4, 0.5) is 4.79 Å². The van der Waals surface area contributed by atoms with Crippen LogP contribution in [-0.2, 0) is 27.1 Å². The van der Waals surface area contributed by atoms with Crippen molar-refractivity contribution in [1.82, 2.24) is 15.1 Å². The molecule has 2 bridgehead atoms. The molecular weight excluding hydrogens is 901 g/mol. The van der Waals surface area contributed by atoms with Crippen molar-refractivity contribution in [1.29, 1.82) is 5.26 Å². The van der Waals surface area contributed by atoms with Gasteiger partial charge in [-0.05, 0) is 106 Å². The number of alkyl carbamates (subject to hydrolysis) is 1. The third-order valence-electron chi connectivity index (χ3n) is 14.1. The van der Waals surface area contributed by atoms with Gasteiger partial charge in [0.15, 0.2) is 11.5 Å². The Hall–Kier alpha value is -6.20. The van der Waals surface area contributed by atoms with Gasteiger partial charge in [0.05, 0.1) is 25.3 Å². The Labute approximate surface area is 417 Å². The lowest BCUT2D eigenvalue weighted by molar-refractivity contribution is -0.151. The molecule has 3 aliphatic heterocycles. The minimum absolute atomic E-state index is 0.0979. The lowest BCUT2D eigenvalue weighted by Gasteiger charge is -2.60. The van der Waals surface area contributed by atoms with Gasteiger partial charge in [-0.25, -0.2) is 9.59 Å². The number of esters is 1. The molecule has 8 rings (SSSR count). The number of nitriles is 1. The average Bonchev–Trinajstić information content (AvgIpc) is 3.65. The molecule has 0 unspecified atom stereocenters. The number of nitrogens with zero attached hydrogens (tertiary/aromatic N) is 3. The second kappa shape index (κ2) is 21.0. The Balaban J connectivity index is 1.21. The van der Waals surface area contributed by atoms with E-state index in [1.807, 2.05) is 20.8 Å². The zero-order valence-corrected chi connectivity index (χ0v) is 42.6. The van der Waals surface area contributed by atoms with E-state index in [-0.39, 0.29) is 56.2 Å². The van der Waals surface area contributed by atoms with Crippen molar-refractivity contribution in [3.63, 3.8) is 0 Å². The number of aryl methyl sites for hydroxylation is 1. The minimum atomic E-state index is -1.07. The highest BCUT2D eigenvalue weighted by atomic mass is 32.2. The van der Waals surface area contributed by atoms with E-state index in [9.17, 15) is 14.9 Å². The number of carbonyl (C=O) groups is 2. The number of benzene rings is 4. The van der Waals surface area contributed by atoms with Crippen molar-refractivity contribution in [2.75, 3.05) is 52.1 Å².